The summed E-state index contributed by atoms with van der Waals surface area (Å²) in [4.78, 5) is 4.13. The van der Waals surface area contributed by atoms with E-state index in [0.29, 0.717) is 5.88 Å². The Kier molecular flexibility index (Phi) is 3.14. The molecule has 54 valence electrons. The zero-order valence-electron chi connectivity index (χ0n) is 4.94. The molecule has 0 aromatic carbocycles. The molecule has 1 heterocycles. The van der Waals surface area contributed by atoms with E-state index in [9.17, 15) is 0 Å². The predicted molar refractivity (Wildman–Crippen MR) is 49.2 cm³/mol. The topological polar surface area (TPSA) is 12.9 Å². The first-order valence-corrected chi connectivity index (χ1v) is 4.73. The minimum atomic E-state index is 0.450. The third kappa shape index (κ3) is 1.94. The molecular weight excluding hydrogens is 281 g/mol. The average molecular weight is 285 g/mol. The molecule has 4 heteroatoms. The van der Waals surface area contributed by atoms with Crippen LogP contribution < -0.4 is 0 Å². The van der Waals surface area contributed by atoms with Crippen molar-refractivity contribution in [2.75, 3.05) is 0 Å². The van der Waals surface area contributed by atoms with Gasteiger partial charge in [-0.05, 0) is 44.0 Å². The molecule has 0 bridgehead atoms. The number of alkyl halides is 1. The molecule has 10 heavy (non-hydrogen) atoms. The SMILES string of the molecule is ClCc1ccc(Br)c(Br)n1. The van der Waals surface area contributed by atoms with Crippen LogP contribution in [0.3, 0.4) is 0 Å². The van der Waals surface area contributed by atoms with Gasteiger partial charge in [-0.15, -0.1) is 11.6 Å². The molecule has 0 saturated carbocycles. The lowest BCUT2D eigenvalue weighted by Crippen LogP contribution is -1.85. The summed E-state index contributed by atoms with van der Waals surface area (Å²) in [5, 5.41) is 0. The molecule has 0 aliphatic rings. The average Bonchev–Trinajstić information content (AvgIpc) is 1.95. The van der Waals surface area contributed by atoms with Gasteiger partial charge in [0.05, 0.1) is 16.0 Å². The van der Waals surface area contributed by atoms with E-state index in [4.69, 9.17) is 11.6 Å². The summed E-state index contributed by atoms with van der Waals surface area (Å²) in [5.41, 5.74) is 0.872. The lowest BCUT2D eigenvalue weighted by molar-refractivity contribution is 1.13. The maximum absolute atomic E-state index is 5.55. The van der Waals surface area contributed by atoms with Gasteiger partial charge in [-0.2, -0.15) is 0 Å². The zero-order chi connectivity index (χ0) is 7.56. The fourth-order valence-electron chi connectivity index (χ4n) is 0.529. The molecule has 0 radical (unpaired) electrons. The highest BCUT2D eigenvalue weighted by Crippen LogP contribution is 2.20. The molecule has 0 aliphatic heterocycles. The van der Waals surface area contributed by atoms with Crippen LogP contribution in [0.1, 0.15) is 5.69 Å². The highest BCUT2D eigenvalue weighted by atomic mass is 79.9. The lowest BCUT2D eigenvalue weighted by Gasteiger charge is -1.96. The Balaban J connectivity index is 3.04. The highest BCUT2D eigenvalue weighted by molar-refractivity contribution is 9.13. The van der Waals surface area contributed by atoms with Crippen molar-refractivity contribution in [1.82, 2.24) is 4.98 Å². The van der Waals surface area contributed by atoms with Crippen LogP contribution >= 0.6 is 43.5 Å². The van der Waals surface area contributed by atoms with E-state index in [1.807, 2.05) is 12.1 Å². The van der Waals surface area contributed by atoms with E-state index in [1.165, 1.54) is 0 Å². The molecule has 0 spiro atoms. The molecule has 0 N–H and O–H groups in total. The quantitative estimate of drug-likeness (QED) is 0.569. The standard InChI is InChI=1S/C6H4Br2ClN/c7-5-2-1-4(3-9)10-6(5)8/h1-2H,3H2. The van der Waals surface area contributed by atoms with Crippen LogP contribution in [0, 0.1) is 0 Å². The number of hydrogen-bond acceptors (Lipinski definition) is 1. The fraction of sp³-hybridized carbons (Fsp3) is 0.167. The number of nitrogens with zero attached hydrogens (tertiary/aromatic N) is 1. The molecule has 0 aliphatic carbocycles. The van der Waals surface area contributed by atoms with Crippen LogP contribution in [-0.4, -0.2) is 4.98 Å². The molecule has 1 rings (SSSR count). The summed E-state index contributed by atoms with van der Waals surface area (Å²) < 4.78 is 1.74. The Labute approximate surface area is 81.1 Å². The van der Waals surface area contributed by atoms with Gasteiger partial charge in [-0.1, -0.05) is 0 Å². The van der Waals surface area contributed by atoms with Crippen molar-refractivity contribution in [3.63, 3.8) is 0 Å². The van der Waals surface area contributed by atoms with E-state index in [-0.39, 0.29) is 0 Å². The van der Waals surface area contributed by atoms with Crippen LogP contribution in [0.2, 0.25) is 0 Å². The van der Waals surface area contributed by atoms with Crippen molar-refractivity contribution < 1.29 is 0 Å². The molecule has 0 amide bonds. The third-order valence-corrected chi connectivity index (χ3v) is 3.05. The van der Waals surface area contributed by atoms with Gasteiger partial charge in [0, 0.05) is 0 Å². The van der Waals surface area contributed by atoms with Crippen LogP contribution in [0.25, 0.3) is 0 Å². The van der Waals surface area contributed by atoms with Crippen LogP contribution in [0.15, 0.2) is 21.2 Å². The molecule has 1 aromatic heterocycles. The van der Waals surface area contributed by atoms with Gasteiger partial charge in [-0.25, -0.2) is 4.98 Å². The number of aromatic nitrogens is 1. The Morgan fingerprint density at radius 2 is 2.10 bits per heavy atom. The van der Waals surface area contributed by atoms with Gasteiger partial charge in [0.15, 0.2) is 0 Å². The van der Waals surface area contributed by atoms with E-state index in [2.05, 4.69) is 36.8 Å². The minimum Gasteiger partial charge on any atom is -0.243 e. The molecule has 1 nitrogen and oxygen atoms in total. The van der Waals surface area contributed by atoms with Crippen LogP contribution in [0.4, 0.5) is 0 Å². The second-order valence-electron chi connectivity index (χ2n) is 1.71. The summed E-state index contributed by atoms with van der Waals surface area (Å²) in [6, 6.07) is 3.79. The number of hydrogen-bond donors (Lipinski definition) is 0. The molecule has 0 saturated heterocycles. The Bertz CT molecular complexity index is 239. The number of rotatable bonds is 1. The monoisotopic (exact) mass is 283 g/mol. The second-order valence-corrected chi connectivity index (χ2v) is 3.58. The molecular formula is C6H4Br2ClN. The predicted octanol–water partition coefficient (Wildman–Crippen LogP) is 3.35. The Morgan fingerprint density at radius 3 is 2.60 bits per heavy atom. The first kappa shape index (κ1) is 8.50. The van der Waals surface area contributed by atoms with Gasteiger partial charge in [-0.3, -0.25) is 0 Å². The maximum Gasteiger partial charge on any atom is 0.120 e. The minimum absolute atomic E-state index is 0.450. The molecule has 0 atom stereocenters. The number of halogens is 3. The summed E-state index contributed by atoms with van der Waals surface area (Å²) in [5.74, 6) is 0.450. The van der Waals surface area contributed by atoms with Crippen molar-refractivity contribution in [3.8, 4) is 0 Å². The maximum atomic E-state index is 5.55. The van der Waals surface area contributed by atoms with Crippen molar-refractivity contribution in [2.45, 2.75) is 5.88 Å². The van der Waals surface area contributed by atoms with E-state index in [1.54, 1.807) is 0 Å². The Hall–Kier alpha value is 0.400. The zero-order valence-corrected chi connectivity index (χ0v) is 8.87. The van der Waals surface area contributed by atoms with Gasteiger partial charge in [0.1, 0.15) is 4.60 Å². The smallest absolute Gasteiger partial charge is 0.120 e. The second kappa shape index (κ2) is 3.69. The fourth-order valence-corrected chi connectivity index (χ4v) is 1.26. The van der Waals surface area contributed by atoms with Crippen molar-refractivity contribution in [3.05, 3.63) is 26.9 Å². The van der Waals surface area contributed by atoms with Crippen molar-refractivity contribution in [1.29, 1.82) is 0 Å². The van der Waals surface area contributed by atoms with E-state index >= 15 is 0 Å². The Morgan fingerprint density at radius 1 is 1.40 bits per heavy atom. The van der Waals surface area contributed by atoms with E-state index < -0.39 is 0 Å². The van der Waals surface area contributed by atoms with Gasteiger partial charge < -0.3 is 0 Å². The van der Waals surface area contributed by atoms with E-state index in [0.717, 1.165) is 14.8 Å². The summed E-state index contributed by atoms with van der Waals surface area (Å²) >= 11 is 12.1. The normalized spacial score (nSPS) is 9.90. The van der Waals surface area contributed by atoms with Gasteiger partial charge in [0.25, 0.3) is 0 Å². The van der Waals surface area contributed by atoms with Crippen LogP contribution in [0.5, 0.6) is 0 Å². The van der Waals surface area contributed by atoms with Crippen LogP contribution in [-0.2, 0) is 5.88 Å². The summed E-state index contributed by atoms with van der Waals surface area (Å²) in [6.45, 7) is 0. The summed E-state index contributed by atoms with van der Waals surface area (Å²) in [7, 11) is 0. The number of pyridine rings is 1. The van der Waals surface area contributed by atoms with Gasteiger partial charge in [0.2, 0.25) is 0 Å². The summed E-state index contributed by atoms with van der Waals surface area (Å²) in [6.07, 6.45) is 0. The largest absolute Gasteiger partial charge is 0.243 e. The molecule has 0 unspecified atom stereocenters. The molecule has 0 fully saturated rings. The lowest BCUT2D eigenvalue weighted by atomic mass is 10.4. The van der Waals surface area contributed by atoms with Gasteiger partial charge >= 0.3 is 0 Å². The molecule has 1 aromatic rings. The highest BCUT2D eigenvalue weighted by Gasteiger charge is 1.97. The van der Waals surface area contributed by atoms with Crippen molar-refractivity contribution >= 4 is 43.5 Å². The first-order valence-electron chi connectivity index (χ1n) is 2.61. The third-order valence-electron chi connectivity index (χ3n) is 0.998. The van der Waals surface area contributed by atoms with Crippen molar-refractivity contribution in [2.24, 2.45) is 0 Å². The first-order chi connectivity index (χ1) is 4.74.